The second-order valence-electron chi connectivity index (χ2n) is 10.7. The number of carbonyl (C=O) groups excluding carboxylic acids is 4. The van der Waals surface area contributed by atoms with Gasteiger partial charge in [-0.1, -0.05) is 29.8 Å². The zero-order chi connectivity index (χ0) is 29.0. The number of Topliss-reactive ketones (excluding diaryl/α,β-unsaturated/α-hetero) is 1. The van der Waals surface area contributed by atoms with Crippen LogP contribution in [-0.4, -0.2) is 52.8 Å². The zero-order valence-electron chi connectivity index (χ0n) is 22.2. The molecule has 0 saturated carbocycles. The number of hydrogen-bond acceptors (Lipinski definition) is 7. The van der Waals surface area contributed by atoms with Crippen molar-refractivity contribution in [1.29, 1.82) is 0 Å². The Balaban J connectivity index is 1.43. The Morgan fingerprint density at radius 2 is 1.78 bits per heavy atom. The second kappa shape index (κ2) is 10.1. The van der Waals surface area contributed by atoms with Crippen molar-refractivity contribution in [2.24, 2.45) is 17.8 Å². The van der Waals surface area contributed by atoms with Gasteiger partial charge in [0.15, 0.2) is 11.6 Å². The van der Waals surface area contributed by atoms with Crippen molar-refractivity contribution in [1.82, 2.24) is 0 Å². The molecule has 0 radical (unpaired) electrons. The smallest absolute Gasteiger partial charge is 0.335 e. The number of benzene rings is 2. The summed E-state index contributed by atoms with van der Waals surface area (Å²) < 4.78 is 5.49. The maximum Gasteiger partial charge on any atom is 0.335 e. The van der Waals surface area contributed by atoms with Crippen molar-refractivity contribution in [2.75, 3.05) is 18.1 Å². The lowest BCUT2D eigenvalue weighted by Crippen LogP contribution is -2.39. The van der Waals surface area contributed by atoms with Crippen LogP contribution in [-0.2, 0) is 19.2 Å². The minimum Gasteiger partial charge on any atom is -0.491 e. The number of carbonyl (C=O) groups is 5. The number of aromatic carboxylic acids is 1. The van der Waals surface area contributed by atoms with Gasteiger partial charge in [0.25, 0.3) is 0 Å². The SMILES string of the molecule is CC1=CC(=O)C2=C(C[C@@H]3C(=CC[C@@H]4C(=O)N(c5cccc(C(=O)O)c5)C(=O)[C@@H]43)[C@@H]2c2ccc(OCCO)cc2)C1=O. The van der Waals surface area contributed by atoms with E-state index in [-0.39, 0.29) is 48.9 Å². The largest absolute Gasteiger partial charge is 0.491 e. The molecule has 208 valence electrons. The van der Waals surface area contributed by atoms with Gasteiger partial charge >= 0.3 is 5.97 Å². The van der Waals surface area contributed by atoms with Crippen molar-refractivity contribution >= 4 is 35.0 Å². The molecule has 3 aliphatic carbocycles. The Morgan fingerprint density at radius 1 is 1.02 bits per heavy atom. The first-order chi connectivity index (χ1) is 19.7. The second-order valence-corrected chi connectivity index (χ2v) is 10.7. The Hall–Kier alpha value is -4.63. The van der Waals surface area contributed by atoms with Crippen molar-refractivity contribution in [3.05, 3.63) is 94.1 Å². The van der Waals surface area contributed by atoms with Crippen LogP contribution in [0.5, 0.6) is 5.75 Å². The molecule has 0 aromatic heterocycles. The normalized spacial score (nSPS) is 25.4. The van der Waals surface area contributed by atoms with Gasteiger partial charge in [-0.2, -0.15) is 0 Å². The highest BCUT2D eigenvalue weighted by atomic mass is 16.5. The van der Waals surface area contributed by atoms with Crippen LogP contribution >= 0.6 is 0 Å². The quantitative estimate of drug-likeness (QED) is 0.315. The lowest BCUT2D eigenvalue weighted by atomic mass is 9.59. The number of hydrogen-bond donors (Lipinski definition) is 2. The molecular formula is C32H27NO8. The van der Waals surface area contributed by atoms with E-state index in [4.69, 9.17) is 9.84 Å². The van der Waals surface area contributed by atoms with Crippen LogP contribution in [0.1, 0.15) is 41.6 Å². The molecule has 9 heteroatoms. The summed E-state index contributed by atoms with van der Waals surface area (Å²) in [6.07, 6.45) is 3.74. The van der Waals surface area contributed by atoms with Gasteiger partial charge in [-0.3, -0.25) is 24.1 Å². The van der Waals surface area contributed by atoms with Crippen LogP contribution in [0.4, 0.5) is 5.69 Å². The summed E-state index contributed by atoms with van der Waals surface area (Å²) in [5.41, 5.74) is 2.84. The van der Waals surface area contributed by atoms with Crippen molar-refractivity contribution < 1.29 is 38.9 Å². The summed E-state index contributed by atoms with van der Waals surface area (Å²) in [6.45, 7) is 1.60. The first-order valence-corrected chi connectivity index (χ1v) is 13.5. The molecule has 1 heterocycles. The maximum atomic E-state index is 14.0. The molecule has 2 aromatic rings. The summed E-state index contributed by atoms with van der Waals surface area (Å²) in [4.78, 5) is 66.9. The number of rotatable bonds is 6. The topological polar surface area (TPSA) is 138 Å². The number of aliphatic hydroxyl groups excluding tert-OH is 1. The third-order valence-corrected chi connectivity index (χ3v) is 8.49. The summed E-state index contributed by atoms with van der Waals surface area (Å²) in [6, 6.07) is 12.8. The molecule has 4 atom stereocenters. The number of allylic oxidation sites excluding steroid dienone is 6. The maximum absolute atomic E-state index is 14.0. The van der Waals surface area contributed by atoms with Crippen LogP contribution in [0.3, 0.4) is 0 Å². The molecule has 4 aliphatic rings. The molecule has 2 amide bonds. The molecule has 9 nitrogen and oxygen atoms in total. The van der Waals surface area contributed by atoms with E-state index >= 15 is 0 Å². The van der Waals surface area contributed by atoms with Crippen molar-refractivity contribution in [3.8, 4) is 5.75 Å². The first-order valence-electron chi connectivity index (χ1n) is 13.5. The minimum atomic E-state index is -1.17. The zero-order valence-corrected chi connectivity index (χ0v) is 22.2. The molecule has 41 heavy (non-hydrogen) atoms. The van der Waals surface area contributed by atoms with Gasteiger partial charge in [0, 0.05) is 22.6 Å². The molecule has 1 saturated heterocycles. The van der Waals surface area contributed by atoms with Gasteiger partial charge in [-0.25, -0.2) is 4.79 Å². The van der Waals surface area contributed by atoms with Crippen LogP contribution in [0.15, 0.2) is 83.0 Å². The molecule has 0 spiro atoms. The van der Waals surface area contributed by atoms with E-state index in [1.54, 1.807) is 19.1 Å². The molecule has 1 fully saturated rings. The lowest BCUT2D eigenvalue weighted by molar-refractivity contribution is -0.123. The minimum absolute atomic E-state index is 0.0377. The third-order valence-electron chi connectivity index (χ3n) is 8.49. The number of carboxylic acids is 1. The van der Waals surface area contributed by atoms with Crippen LogP contribution in [0, 0.1) is 17.8 Å². The van der Waals surface area contributed by atoms with Gasteiger partial charge in [0.2, 0.25) is 11.8 Å². The fourth-order valence-corrected chi connectivity index (χ4v) is 6.71. The van der Waals surface area contributed by atoms with E-state index in [1.807, 2.05) is 18.2 Å². The molecule has 2 aromatic carbocycles. The van der Waals surface area contributed by atoms with E-state index in [2.05, 4.69) is 0 Å². The number of aliphatic hydroxyl groups is 1. The van der Waals surface area contributed by atoms with Gasteiger partial charge < -0.3 is 14.9 Å². The Bertz CT molecular complexity index is 1610. The Kier molecular flexibility index (Phi) is 6.54. The standard InChI is InChI=1S/C32H27NO8/c1-16-13-25(35)28-24(29(16)36)15-23-21(26(28)17-5-7-20(8-6-17)41-12-11-34)9-10-22-27(23)31(38)33(30(22)37)19-4-2-3-18(14-19)32(39)40/h2-9,13-14,22-23,26-27,34H,10-12,15H2,1H3,(H,39,40)/t22-,23+,26-,27-/m0/s1. The summed E-state index contributed by atoms with van der Waals surface area (Å²) in [5.74, 6) is -4.43. The monoisotopic (exact) mass is 553 g/mol. The summed E-state index contributed by atoms with van der Waals surface area (Å²) in [5, 5.41) is 18.5. The number of ether oxygens (including phenoxy) is 1. The van der Waals surface area contributed by atoms with Crippen LogP contribution in [0.25, 0.3) is 0 Å². The predicted molar refractivity (Wildman–Crippen MR) is 146 cm³/mol. The molecule has 6 rings (SSSR count). The number of anilines is 1. The van der Waals surface area contributed by atoms with E-state index in [0.717, 1.165) is 16.0 Å². The van der Waals surface area contributed by atoms with Crippen LogP contribution < -0.4 is 9.64 Å². The van der Waals surface area contributed by atoms with E-state index in [9.17, 15) is 29.1 Å². The Labute approximate surface area is 235 Å². The third kappa shape index (κ3) is 4.24. The first kappa shape index (κ1) is 26.6. The van der Waals surface area contributed by atoms with Gasteiger partial charge in [-0.05, 0) is 67.7 Å². The van der Waals surface area contributed by atoms with Crippen molar-refractivity contribution in [2.45, 2.75) is 25.7 Å². The highest BCUT2D eigenvalue weighted by Gasteiger charge is 2.56. The van der Waals surface area contributed by atoms with E-state index < -0.39 is 41.5 Å². The molecule has 0 unspecified atom stereocenters. The van der Waals surface area contributed by atoms with Gasteiger partial charge in [0.05, 0.1) is 29.7 Å². The summed E-state index contributed by atoms with van der Waals surface area (Å²) in [7, 11) is 0. The molecule has 2 N–H and O–H groups in total. The van der Waals surface area contributed by atoms with E-state index in [0.29, 0.717) is 22.5 Å². The predicted octanol–water partition coefficient (Wildman–Crippen LogP) is 3.39. The molecular weight excluding hydrogens is 526 g/mol. The van der Waals surface area contributed by atoms with E-state index in [1.165, 1.54) is 30.3 Å². The number of amides is 2. The number of carboxylic acid groups (broad SMARTS) is 1. The average molecular weight is 554 g/mol. The number of fused-ring (bicyclic) bond motifs is 3. The average Bonchev–Trinajstić information content (AvgIpc) is 3.23. The number of ketones is 2. The molecule has 1 aliphatic heterocycles. The highest BCUT2D eigenvalue weighted by molar-refractivity contribution is 6.25. The number of imide groups is 1. The fourth-order valence-electron chi connectivity index (χ4n) is 6.71. The lowest BCUT2D eigenvalue weighted by Gasteiger charge is -2.42. The fraction of sp³-hybridized carbons (Fsp3) is 0.281. The molecule has 0 bridgehead atoms. The summed E-state index contributed by atoms with van der Waals surface area (Å²) >= 11 is 0. The van der Waals surface area contributed by atoms with Gasteiger partial charge in [0.1, 0.15) is 12.4 Å². The van der Waals surface area contributed by atoms with Crippen molar-refractivity contribution in [3.63, 3.8) is 0 Å². The van der Waals surface area contributed by atoms with Crippen LogP contribution in [0.2, 0.25) is 0 Å². The Morgan fingerprint density at radius 3 is 2.49 bits per heavy atom. The highest BCUT2D eigenvalue weighted by Crippen LogP contribution is 2.55. The number of nitrogens with zero attached hydrogens (tertiary/aromatic N) is 1. The van der Waals surface area contributed by atoms with Gasteiger partial charge in [-0.15, -0.1) is 0 Å².